The van der Waals surface area contributed by atoms with Gasteiger partial charge < -0.3 is 4.74 Å². The Labute approximate surface area is 161 Å². The summed E-state index contributed by atoms with van der Waals surface area (Å²) in [4.78, 5) is 0.211. The number of ether oxygens (including phenoxy) is 1. The van der Waals surface area contributed by atoms with E-state index >= 15 is 0 Å². The molecule has 134 valence electrons. The summed E-state index contributed by atoms with van der Waals surface area (Å²) >= 11 is 5.02. The summed E-state index contributed by atoms with van der Waals surface area (Å²) in [6.07, 6.45) is 0. The molecular formula is C18H20BrNO3S2. The lowest BCUT2D eigenvalue weighted by atomic mass is 10.1. The second kappa shape index (κ2) is 7.70. The summed E-state index contributed by atoms with van der Waals surface area (Å²) in [7, 11) is -3.66. The second-order valence-electron chi connectivity index (χ2n) is 5.77. The molecule has 0 aromatic heterocycles. The lowest BCUT2D eigenvalue weighted by Gasteiger charge is -2.24. The molecule has 0 aliphatic carbocycles. The highest BCUT2D eigenvalue weighted by Crippen LogP contribution is 2.43. The predicted molar refractivity (Wildman–Crippen MR) is 106 cm³/mol. The largest absolute Gasteiger partial charge is 0.492 e. The number of benzene rings is 2. The van der Waals surface area contributed by atoms with Crippen molar-refractivity contribution >= 4 is 37.7 Å². The van der Waals surface area contributed by atoms with E-state index < -0.39 is 10.0 Å². The topological polar surface area (TPSA) is 46.6 Å². The first-order valence-corrected chi connectivity index (χ1v) is 11.3. The predicted octanol–water partition coefficient (Wildman–Crippen LogP) is 4.59. The van der Waals surface area contributed by atoms with Crippen molar-refractivity contribution in [3.05, 3.63) is 58.1 Å². The van der Waals surface area contributed by atoms with Crippen LogP contribution in [0.1, 0.15) is 23.4 Å². The average molecular weight is 442 g/mol. The monoisotopic (exact) mass is 441 g/mol. The Balaban J connectivity index is 2.01. The Morgan fingerprint density at radius 3 is 2.64 bits per heavy atom. The fourth-order valence-corrected chi connectivity index (χ4v) is 6.69. The Morgan fingerprint density at radius 1 is 1.24 bits per heavy atom. The lowest BCUT2D eigenvalue weighted by molar-refractivity contribution is 0.329. The molecule has 7 heteroatoms. The van der Waals surface area contributed by atoms with Crippen molar-refractivity contribution in [2.24, 2.45) is 0 Å². The van der Waals surface area contributed by atoms with Gasteiger partial charge in [0, 0.05) is 16.8 Å². The van der Waals surface area contributed by atoms with Gasteiger partial charge in [0.15, 0.2) is 0 Å². The Morgan fingerprint density at radius 2 is 1.96 bits per heavy atom. The number of aryl methyl sites for hydroxylation is 1. The van der Waals surface area contributed by atoms with Gasteiger partial charge in [0.05, 0.1) is 12.0 Å². The maximum atomic E-state index is 13.3. The van der Waals surface area contributed by atoms with Crippen LogP contribution in [0.5, 0.6) is 5.75 Å². The van der Waals surface area contributed by atoms with Gasteiger partial charge in [-0.3, -0.25) is 0 Å². The smallest absolute Gasteiger partial charge is 0.248 e. The van der Waals surface area contributed by atoms with Gasteiger partial charge in [-0.1, -0.05) is 45.8 Å². The Kier molecular flexibility index (Phi) is 5.78. The molecule has 0 saturated carbocycles. The zero-order chi connectivity index (χ0) is 18.0. The van der Waals surface area contributed by atoms with Gasteiger partial charge in [-0.2, -0.15) is 4.31 Å². The highest BCUT2D eigenvalue weighted by atomic mass is 79.9. The van der Waals surface area contributed by atoms with Gasteiger partial charge in [-0.25, -0.2) is 8.42 Å². The number of hydrogen-bond donors (Lipinski definition) is 0. The van der Waals surface area contributed by atoms with Crippen LogP contribution in [-0.4, -0.2) is 31.6 Å². The van der Waals surface area contributed by atoms with E-state index in [1.807, 2.05) is 38.1 Å². The fraction of sp³-hybridized carbons (Fsp3) is 0.333. The number of hydrogen-bond acceptors (Lipinski definition) is 4. The van der Waals surface area contributed by atoms with Gasteiger partial charge in [0.2, 0.25) is 10.0 Å². The Hall–Kier alpha value is -1.02. The summed E-state index contributed by atoms with van der Waals surface area (Å²) in [5, 5.41) is -0.209. The van der Waals surface area contributed by atoms with E-state index in [1.54, 1.807) is 34.3 Å². The van der Waals surface area contributed by atoms with E-state index in [0.717, 1.165) is 16.9 Å². The van der Waals surface area contributed by atoms with Crippen LogP contribution in [0, 0.1) is 6.92 Å². The normalized spacial score (nSPS) is 18.4. The van der Waals surface area contributed by atoms with Gasteiger partial charge in [-0.05, 0) is 37.6 Å². The minimum absolute atomic E-state index is 0.209. The number of halogens is 1. The van der Waals surface area contributed by atoms with Crippen molar-refractivity contribution in [3.8, 4) is 5.75 Å². The molecule has 1 heterocycles. The van der Waals surface area contributed by atoms with Crippen molar-refractivity contribution < 1.29 is 13.2 Å². The van der Waals surface area contributed by atoms with Crippen LogP contribution in [0.2, 0.25) is 0 Å². The number of nitrogens with zero attached hydrogens (tertiary/aromatic N) is 1. The third kappa shape index (κ3) is 3.89. The number of thioether (sulfide) groups is 1. The molecule has 1 aliphatic heterocycles. The summed E-state index contributed by atoms with van der Waals surface area (Å²) in [5.74, 6) is 1.17. The maximum Gasteiger partial charge on any atom is 0.248 e. The molecular weight excluding hydrogens is 422 g/mol. The van der Waals surface area contributed by atoms with Crippen molar-refractivity contribution in [2.75, 3.05) is 18.9 Å². The molecule has 0 spiro atoms. The van der Waals surface area contributed by atoms with Crippen LogP contribution >= 0.6 is 27.7 Å². The summed E-state index contributed by atoms with van der Waals surface area (Å²) < 4.78 is 34.5. The standard InChI is InChI=1S/C18H20BrNO3S2/c1-3-23-16-9-8-15(19)12-17(16)25(21,22)20-10-11-24-18(20)14-6-4-13(2)5-7-14/h4-9,12,18H,3,10-11H2,1-2H3. The van der Waals surface area contributed by atoms with Gasteiger partial charge >= 0.3 is 0 Å². The maximum absolute atomic E-state index is 13.3. The number of sulfonamides is 1. The van der Waals surface area contributed by atoms with Crippen molar-refractivity contribution in [2.45, 2.75) is 24.1 Å². The van der Waals surface area contributed by atoms with Crippen LogP contribution in [0.4, 0.5) is 0 Å². The molecule has 0 N–H and O–H groups in total. The molecule has 1 saturated heterocycles. The van der Waals surface area contributed by atoms with E-state index in [2.05, 4.69) is 15.9 Å². The van der Waals surface area contributed by atoms with Crippen LogP contribution in [0.25, 0.3) is 0 Å². The SMILES string of the molecule is CCOc1ccc(Br)cc1S(=O)(=O)N1CCSC1c1ccc(C)cc1. The molecule has 0 bridgehead atoms. The highest BCUT2D eigenvalue weighted by Gasteiger charge is 2.38. The molecule has 4 nitrogen and oxygen atoms in total. The van der Waals surface area contributed by atoms with Crippen LogP contribution in [0.3, 0.4) is 0 Å². The number of rotatable bonds is 5. The minimum Gasteiger partial charge on any atom is -0.492 e. The molecule has 3 rings (SSSR count). The fourth-order valence-electron chi connectivity index (χ4n) is 2.78. The van der Waals surface area contributed by atoms with E-state index in [4.69, 9.17) is 4.74 Å². The molecule has 1 unspecified atom stereocenters. The van der Waals surface area contributed by atoms with Crippen LogP contribution < -0.4 is 4.74 Å². The first kappa shape index (κ1) is 18.8. The van der Waals surface area contributed by atoms with E-state index in [1.165, 1.54) is 0 Å². The average Bonchev–Trinajstić information content (AvgIpc) is 3.08. The van der Waals surface area contributed by atoms with E-state index in [0.29, 0.717) is 23.4 Å². The molecule has 1 fully saturated rings. The summed E-state index contributed by atoms with van der Waals surface area (Å²) in [6.45, 7) is 4.78. The molecule has 2 aromatic rings. The quantitative estimate of drug-likeness (QED) is 0.680. The molecule has 1 aliphatic rings. The summed E-state index contributed by atoms with van der Waals surface area (Å²) in [5.41, 5.74) is 2.16. The first-order valence-electron chi connectivity index (χ1n) is 8.06. The third-order valence-corrected chi connectivity index (χ3v) is 7.78. The van der Waals surface area contributed by atoms with Crippen LogP contribution in [0.15, 0.2) is 51.8 Å². The van der Waals surface area contributed by atoms with Gasteiger partial charge in [0.1, 0.15) is 10.6 Å². The molecule has 1 atom stereocenters. The second-order valence-corrected chi connectivity index (χ2v) is 9.74. The third-order valence-electron chi connectivity index (χ3n) is 4.00. The lowest BCUT2D eigenvalue weighted by Crippen LogP contribution is -2.31. The zero-order valence-electron chi connectivity index (χ0n) is 14.1. The van der Waals surface area contributed by atoms with Crippen molar-refractivity contribution in [1.82, 2.24) is 4.31 Å². The first-order chi connectivity index (χ1) is 11.9. The Bertz CT molecular complexity index is 853. The van der Waals surface area contributed by atoms with E-state index in [9.17, 15) is 8.42 Å². The molecule has 25 heavy (non-hydrogen) atoms. The summed E-state index contributed by atoms with van der Waals surface area (Å²) in [6, 6.07) is 13.2. The molecule has 2 aromatic carbocycles. The van der Waals surface area contributed by atoms with Crippen molar-refractivity contribution in [1.29, 1.82) is 0 Å². The highest BCUT2D eigenvalue weighted by molar-refractivity contribution is 9.10. The van der Waals surface area contributed by atoms with Crippen LogP contribution in [-0.2, 0) is 10.0 Å². The minimum atomic E-state index is -3.66. The van der Waals surface area contributed by atoms with Gasteiger partial charge in [0.25, 0.3) is 0 Å². The molecule has 0 radical (unpaired) electrons. The van der Waals surface area contributed by atoms with E-state index in [-0.39, 0.29) is 10.3 Å². The van der Waals surface area contributed by atoms with Crippen molar-refractivity contribution in [3.63, 3.8) is 0 Å². The molecule has 0 amide bonds. The van der Waals surface area contributed by atoms with Gasteiger partial charge in [-0.15, -0.1) is 11.8 Å². The zero-order valence-corrected chi connectivity index (χ0v) is 17.3.